The van der Waals surface area contributed by atoms with E-state index >= 15 is 0 Å². The minimum absolute atomic E-state index is 0.129. The van der Waals surface area contributed by atoms with Crippen LogP contribution in [0, 0.1) is 5.82 Å². The lowest BCUT2D eigenvalue weighted by Gasteiger charge is -2.17. The first-order chi connectivity index (χ1) is 10.2. The Labute approximate surface area is 124 Å². The van der Waals surface area contributed by atoms with Crippen LogP contribution in [-0.4, -0.2) is 25.9 Å². The van der Waals surface area contributed by atoms with E-state index in [2.05, 4.69) is 0 Å². The van der Waals surface area contributed by atoms with E-state index in [1.165, 1.54) is 6.07 Å². The molecule has 3 nitrogen and oxygen atoms in total. The number of hydrogen-bond acceptors (Lipinski definition) is 3. The van der Waals surface area contributed by atoms with Crippen molar-refractivity contribution in [1.29, 1.82) is 0 Å². The number of methoxy groups -OCH3 is 2. The Hall–Kier alpha value is -2.07. The van der Waals surface area contributed by atoms with Gasteiger partial charge in [-0.2, -0.15) is 0 Å². The van der Waals surface area contributed by atoms with Gasteiger partial charge in [-0.05, 0) is 29.7 Å². The standard InChI is InChI=1S/C17H19FO3/c1-20-14-8-7-12(17(10-14)21-2)9-13(11-19)15-5-3-4-6-16(15)18/h3-8,10,13,19H,9,11H2,1-2H3. The predicted octanol–water partition coefficient (Wildman–Crippen LogP) is 3.16. The van der Waals surface area contributed by atoms with Crippen LogP contribution in [0.5, 0.6) is 11.5 Å². The van der Waals surface area contributed by atoms with E-state index in [1.54, 1.807) is 38.5 Å². The summed E-state index contributed by atoms with van der Waals surface area (Å²) in [6.45, 7) is -0.129. The lowest BCUT2D eigenvalue weighted by atomic mass is 9.92. The highest BCUT2D eigenvalue weighted by Crippen LogP contribution is 2.30. The Kier molecular flexibility index (Phi) is 5.17. The van der Waals surface area contributed by atoms with Crippen molar-refractivity contribution in [3.05, 3.63) is 59.4 Å². The summed E-state index contributed by atoms with van der Waals surface area (Å²) in [5.41, 5.74) is 1.42. The van der Waals surface area contributed by atoms with Crippen LogP contribution in [0.3, 0.4) is 0 Å². The average Bonchev–Trinajstić information content (AvgIpc) is 2.53. The van der Waals surface area contributed by atoms with Crippen LogP contribution < -0.4 is 9.47 Å². The molecule has 1 atom stereocenters. The highest BCUT2D eigenvalue weighted by atomic mass is 19.1. The lowest BCUT2D eigenvalue weighted by Crippen LogP contribution is -2.10. The maximum absolute atomic E-state index is 13.9. The van der Waals surface area contributed by atoms with Crippen LogP contribution in [0.15, 0.2) is 42.5 Å². The average molecular weight is 290 g/mol. The van der Waals surface area contributed by atoms with E-state index in [0.29, 0.717) is 23.5 Å². The molecule has 0 bridgehead atoms. The summed E-state index contributed by atoms with van der Waals surface area (Å²) >= 11 is 0. The highest BCUT2D eigenvalue weighted by molar-refractivity contribution is 5.42. The third-order valence-electron chi connectivity index (χ3n) is 3.53. The summed E-state index contributed by atoms with van der Waals surface area (Å²) < 4.78 is 24.4. The molecule has 2 aromatic carbocycles. The molecule has 4 heteroatoms. The minimum atomic E-state index is -0.312. The van der Waals surface area contributed by atoms with Gasteiger partial charge in [-0.1, -0.05) is 24.3 Å². The van der Waals surface area contributed by atoms with Gasteiger partial charge in [0.25, 0.3) is 0 Å². The number of hydrogen-bond donors (Lipinski definition) is 1. The van der Waals surface area contributed by atoms with E-state index in [9.17, 15) is 9.50 Å². The summed E-state index contributed by atoms with van der Waals surface area (Å²) in [5, 5.41) is 9.60. The zero-order valence-corrected chi connectivity index (χ0v) is 12.2. The first-order valence-electron chi connectivity index (χ1n) is 6.75. The molecule has 112 valence electrons. The quantitative estimate of drug-likeness (QED) is 0.888. The Bertz CT molecular complexity index is 598. The van der Waals surface area contributed by atoms with Gasteiger partial charge >= 0.3 is 0 Å². The van der Waals surface area contributed by atoms with Crippen LogP contribution in [-0.2, 0) is 6.42 Å². The monoisotopic (exact) mass is 290 g/mol. The largest absolute Gasteiger partial charge is 0.497 e. The van der Waals surface area contributed by atoms with Crippen molar-refractivity contribution in [2.45, 2.75) is 12.3 Å². The summed E-state index contributed by atoms with van der Waals surface area (Å²) in [4.78, 5) is 0. The van der Waals surface area contributed by atoms with Gasteiger partial charge in [-0.3, -0.25) is 0 Å². The molecule has 1 N–H and O–H groups in total. The SMILES string of the molecule is COc1ccc(CC(CO)c2ccccc2F)c(OC)c1. The minimum Gasteiger partial charge on any atom is -0.497 e. The summed E-state index contributed by atoms with van der Waals surface area (Å²) in [5.74, 6) is 0.753. The van der Waals surface area contributed by atoms with Crippen molar-refractivity contribution < 1.29 is 19.0 Å². The number of ether oxygens (including phenoxy) is 2. The van der Waals surface area contributed by atoms with Crippen LogP contribution in [0.1, 0.15) is 17.0 Å². The topological polar surface area (TPSA) is 38.7 Å². The van der Waals surface area contributed by atoms with Gasteiger partial charge in [-0.15, -0.1) is 0 Å². The third-order valence-corrected chi connectivity index (χ3v) is 3.53. The predicted molar refractivity (Wildman–Crippen MR) is 79.5 cm³/mol. The van der Waals surface area contributed by atoms with Gasteiger partial charge in [0.05, 0.1) is 20.8 Å². The number of aliphatic hydroxyl groups excluding tert-OH is 1. The first-order valence-corrected chi connectivity index (χ1v) is 6.75. The number of aliphatic hydroxyl groups is 1. The Morgan fingerprint density at radius 2 is 1.86 bits per heavy atom. The molecule has 0 aliphatic rings. The second kappa shape index (κ2) is 7.09. The van der Waals surface area contributed by atoms with Crippen LogP contribution in [0.2, 0.25) is 0 Å². The Morgan fingerprint density at radius 3 is 2.48 bits per heavy atom. The normalized spacial score (nSPS) is 12.0. The molecule has 2 rings (SSSR count). The molecule has 1 unspecified atom stereocenters. The third kappa shape index (κ3) is 3.52. The van der Waals surface area contributed by atoms with Gasteiger partial charge in [0.2, 0.25) is 0 Å². The first kappa shape index (κ1) is 15.3. The maximum atomic E-state index is 13.9. The lowest BCUT2D eigenvalue weighted by molar-refractivity contribution is 0.260. The number of halogens is 1. The molecule has 0 heterocycles. The summed E-state index contributed by atoms with van der Waals surface area (Å²) in [7, 11) is 3.17. The van der Waals surface area contributed by atoms with E-state index in [1.807, 2.05) is 12.1 Å². The fourth-order valence-corrected chi connectivity index (χ4v) is 2.36. The zero-order valence-electron chi connectivity index (χ0n) is 12.2. The zero-order chi connectivity index (χ0) is 15.2. The van der Waals surface area contributed by atoms with Crippen LogP contribution >= 0.6 is 0 Å². The van der Waals surface area contributed by atoms with Crippen molar-refractivity contribution in [1.82, 2.24) is 0 Å². The highest BCUT2D eigenvalue weighted by Gasteiger charge is 2.17. The van der Waals surface area contributed by atoms with Crippen LogP contribution in [0.25, 0.3) is 0 Å². The van der Waals surface area contributed by atoms with E-state index in [4.69, 9.17) is 9.47 Å². The van der Waals surface area contributed by atoms with Crippen molar-refractivity contribution in [2.75, 3.05) is 20.8 Å². The van der Waals surface area contributed by atoms with Gasteiger partial charge < -0.3 is 14.6 Å². The van der Waals surface area contributed by atoms with Crippen molar-refractivity contribution >= 4 is 0 Å². The molecule has 2 aromatic rings. The fourth-order valence-electron chi connectivity index (χ4n) is 2.36. The molecule has 0 radical (unpaired) electrons. The molecule has 21 heavy (non-hydrogen) atoms. The van der Waals surface area contributed by atoms with E-state index in [0.717, 1.165) is 5.56 Å². The number of rotatable bonds is 6. The van der Waals surface area contributed by atoms with Crippen molar-refractivity contribution in [3.63, 3.8) is 0 Å². The number of benzene rings is 2. The molecule has 0 aromatic heterocycles. The molecule has 0 aliphatic carbocycles. The Morgan fingerprint density at radius 1 is 1.10 bits per heavy atom. The summed E-state index contributed by atoms with van der Waals surface area (Å²) in [6, 6.07) is 12.0. The second-order valence-corrected chi connectivity index (χ2v) is 4.78. The van der Waals surface area contributed by atoms with Crippen molar-refractivity contribution in [3.8, 4) is 11.5 Å². The van der Waals surface area contributed by atoms with Gasteiger partial charge in [0, 0.05) is 12.0 Å². The van der Waals surface area contributed by atoms with Gasteiger partial charge in [0.1, 0.15) is 17.3 Å². The fraction of sp³-hybridized carbons (Fsp3) is 0.294. The maximum Gasteiger partial charge on any atom is 0.126 e. The van der Waals surface area contributed by atoms with Gasteiger partial charge in [0.15, 0.2) is 0 Å². The smallest absolute Gasteiger partial charge is 0.126 e. The molecular formula is C17H19FO3. The molecule has 0 saturated carbocycles. The van der Waals surface area contributed by atoms with Crippen LogP contribution in [0.4, 0.5) is 4.39 Å². The van der Waals surface area contributed by atoms with E-state index in [-0.39, 0.29) is 18.3 Å². The molecule has 0 aliphatic heterocycles. The molecular weight excluding hydrogens is 271 g/mol. The second-order valence-electron chi connectivity index (χ2n) is 4.78. The molecule has 0 saturated heterocycles. The Balaban J connectivity index is 2.29. The van der Waals surface area contributed by atoms with Crippen molar-refractivity contribution in [2.24, 2.45) is 0 Å². The molecule has 0 amide bonds. The molecule has 0 spiro atoms. The summed E-state index contributed by atoms with van der Waals surface area (Å²) in [6.07, 6.45) is 0.491. The molecule has 0 fully saturated rings. The van der Waals surface area contributed by atoms with E-state index < -0.39 is 0 Å². The van der Waals surface area contributed by atoms with Gasteiger partial charge in [-0.25, -0.2) is 4.39 Å².